The largest absolute Gasteiger partial charge is 0.480 e. The molecule has 3 rings (SSSR count). The molecule has 0 aromatic heterocycles. The second-order valence-electron chi connectivity index (χ2n) is 5.90. The molecule has 0 bridgehead atoms. The van der Waals surface area contributed by atoms with E-state index in [-0.39, 0.29) is 12.2 Å². The number of benzene rings is 3. The highest BCUT2D eigenvalue weighted by molar-refractivity contribution is 6.13. The summed E-state index contributed by atoms with van der Waals surface area (Å²) in [5.41, 5.74) is 2.88. The summed E-state index contributed by atoms with van der Waals surface area (Å²) in [7, 11) is 0. The van der Waals surface area contributed by atoms with Gasteiger partial charge in [-0.3, -0.25) is 4.99 Å². The predicted molar refractivity (Wildman–Crippen MR) is 100 cm³/mol. The lowest BCUT2D eigenvalue weighted by Gasteiger charge is -2.13. The maximum atomic E-state index is 13.4. The first-order valence-corrected chi connectivity index (χ1v) is 8.29. The van der Waals surface area contributed by atoms with E-state index in [0.29, 0.717) is 11.3 Å². The fourth-order valence-electron chi connectivity index (χ4n) is 2.74. The van der Waals surface area contributed by atoms with Crippen LogP contribution in [0.15, 0.2) is 89.9 Å². The second-order valence-corrected chi connectivity index (χ2v) is 5.90. The normalized spacial score (nSPS) is 11.6. The molecule has 4 heteroatoms. The lowest BCUT2D eigenvalue weighted by molar-refractivity contribution is -0.138. The second kappa shape index (κ2) is 8.21. The molecular formula is C22H18FNO2. The lowest BCUT2D eigenvalue weighted by Crippen LogP contribution is -2.23. The van der Waals surface area contributed by atoms with E-state index in [1.807, 2.05) is 60.7 Å². The van der Waals surface area contributed by atoms with Crippen LogP contribution in [0.4, 0.5) is 4.39 Å². The van der Waals surface area contributed by atoms with Gasteiger partial charge in [-0.2, -0.15) is 0 Å². The first-order chi connectivity index (χ1) is 12.6. The van der Waals surface area contributed by atoms with Crippen molar-refractivity contribution in [1.29, 1.82) is 0 Å². The van der Waals surface area contributed by atoms with Crippen molar-refractivity contribution in [3.8, 4) is 0 Å². The van der Waals surface area contributed by atoms with Gasteiger partial charge in [0.2, 0.25) is 0 Å². The molecule has 1 atom stereocenters. The van der Waals surface area contributed by atoms with Gasteiger partial charge in [-0.1, -0.05) is 72.8 Å². The zero-order valence-electron chi connectivity index (χ0n) is 14.0. The van der Waals surface area contributed by atoms with Crippen LogP contribution in [0.1, 0.15) is 16.7 Å². The van der Waals surface area contributed by atoms with Crippen LogP contribution in [0, 0.1) is 5.82 Å². The van der Waals surface area contributed by atoms with E-state index in [2.05, 4.69) is 4.99 Å². The standard InChI is InChI=1S/C22H18FNO2/c23-19-13-7-8-16(14-19)15-20(22(25)26)24-21(17-9-3-1-4-10-17)18-11-5-2-6-12-18/h1-14,20H,15H2,(H,25,26). The Balaban J connectivity index is 2.02. The molecule has 3 nitrogen and oxygen atoms in total. The van der Waals surface area contributed by atoms with Crippen molar-refractivity contribution in [2.75, 3.05) is 0 Å². The number of aliphatic carboxylic acids is 1. The van der Waals surface area contributed by atoms with Crippen LogP contribution in [0.2, 0.25) is 0 Å². The third kappa shape index (κ3) is 4.42. The number of nitrogens with zero attached hydrogens (tertiary/aromatic N) is 1. The topological polar surface area (TPSA) is 49.7 Å². The summed E-state index contributed by atoms with van der Waals surface area (Å²) >= 11 is 0. The highest BCUT2D eigenvalue weighted by Crippen LogP contribution is 2.15. The molecule has 0 aliphatic heterocycles. The molecule has 3 aromatic carbocycles. The number of hydrogen-bond acceptors (Lipinski definition) is 2. The highest BCUT2D eigenvalue weighted by atomic mass is 19.1. The van der Waals surface area contributed by atoms with E-state index in [0.717, 1.165) is 11.1 Å². The van der Waals surface area contributed by atoms with Crippen molar-refractivity contribution in [3.05, 3.63) is 107 Å². The highest BCUT2D eigenvalue weighted by Gasteiger charge is 2.19. The van der Waals surface area contributed by atoms with Gasteiger partial charge in [0, 0.05) is 17.5 Å². The molecule has 0 aliphatic rings. The Morgan fingerprint density at radius 2 is 1.46 bits per heavy atom. The molecule has 1 unspecified atom stereocenters. The minimum atomic E-state index is -1.04. The van der Waals surface area contributed by atoms with Crippen LogP contribution < -0.4 is 0 Å². The maximum absolute atomic E-state index is 13.4. The van der Waals surface area contributed by atoms with Gasteiger partial charge in [0.1, 0.15) is 5.82 Å². The van der Waals surface area contributed by atoms with E-state index in [4.69, 9.17) is 0 Å². The third-order valence-electron chi connectivity index (χ3n) is 3.98. The van der Waals surface area contributed by atoms with E-state index in [1.165, 1.54) is 12.1 Å². The molecule has 0 heterocycles. The summed E-state index contributed by atoms with van der Waals surface area (Å²) in [4.78, 5) is 16.3. The van der Waals surface area contributed by atoms with Gasteiger partial charge in [-0.15, -0.1) is 0 Å². The molecular weight excluding hydrogens is 329 g/mol. The van der Waals surface area contributed by atoms with E-state index in [1.54, 1.807) is 12.1 Å². The molecule has 0 saturated carbocycles. The van der Waals surface area contributed by atoms with Crippen LogP contribution in [-0.4, -0.2) is 22.8 Å². The number of hydrogen-bond donors (Lipinski definition) is 1. The van der Waals surface area contributed by atoms with Crippen molar-refractivity contribution in [2.24, 2.45) is 4.99 Å². The molecule has 0 aliphatic carbocycles. The first-order valence-electron chi connectivity index (χ1n) is 8.29. The number of carbonyl (C=O) groups is 1. The molecule has 0 saturated heterocycles. The number of carboxylic acids is 1. The SMILES string of the molecule is O=C(O)C(Cc1cccc(F)c1)N=C(c1ccccc1)c1ccccc1. The monoisotopic (exact) mass is 347 g/mol. The fraction of sp³-hybridized carbons (Fsp3) is 0.0909. The van der Waals surface area contributed by atoms with Crippen molar-refractivity contribution >= 4 is 11.7 Å². The van der Waals surface area contributed by atoms with Gasteiger partial charge in [0.25, 0.3) is 0 Å². The Morgan fingerprint density at radius 1 is 0.885 bits per heavy atom. The smallest absolute Gasteiger partial charge is 0.328 e. The molecule has 0 radical (unpaired) electrons. The predicted octanol–water partition coefficient (Wildman–Crippen LogP) is 4.36. The minimum absolute atomic E-state index is 0.121. The summed E-state index contributed by atoms with van der Waals surface area (Å²) in [6.45, 7) is 0. The van der Waals surface area contributed by atoms with Gasteiger partial charge in [-0.25, -0.2) is 9.18 Å². The number of aliphatic imine (C=N–C) groups is 1. The van der Waals surface area contributed by atoms with E-state index in [9.17, 15) is 14.3 Å². The van der Waals surface area contributed by atoms with Crippen molar-refractivity contribution in [1.82, 2.24) is 0 Å². The van der Waals surface area contributed by atoms with Crippen LogP contribution in [-0.2, 0) is 11.2 Å². The van der Waals surface area contributed by atoms with E-state index >= 15 is 0 Å². The quantitative estimate of drug-likeness (QED) is 0.674. The summed E-state index contributed by atoms with van der Waals surface area (Å²) < 4.78 is 13.4. The van der Waals surface area contributed by atoms with Crippen molar-refractivity contribution in [2.45, 2.75) is 12.5 Å². The van der Waals surface area contributed by atoms with Crippen LogP contribution in [0.25, 0.3) is 0 Å². The molecule has 0 fully saturated rings. The Hall–Kier alpha value is -3.27. The fourth-order valence-corrected chi connectivity index (χ4v) is 2.74. The molecule has 26 heavy (non-hydrogen) atoms. The maximum Gasteiger partial charge on any atom is 0.328 e. The number of rotatable bonds is 6. The average molecular weight is 347 g/mol. The number of carboxylic acid groups (broad SMARTS) is 1. The molecule has 0 spiro atoms. The van der Waals surface area contributed by atoms with Gasteiger partial charge in [-0.05, 0) is 17.7 Å². The Morgan fingerprint density at radius 3 is 1.96 bits per heavy atom. The Labute approximate surface area is 151 Å². The average Bonchev–Trinajstić information content (AvgIpc) is 2.66. The first kappa shape index (κ1) is 17.5. The van der Waals surface area contributed by atoms with Gasteiger partial charge >= 0.3 is 5.97 Å². The summed E-state index contributed by atoms with van der Waals surface area (Å²) in [6.07, 6.45) is 0.121. The number of halogens is 1. The zero-order chi connectivity index (χ0) is 18.4. The van der Waals surface area contributed by atoms with Crippen molar-refractivity contribution in [3.63, 3.8) is 0 Å². The van der Waals surface area contributed by atoms with Crippen molar-refractivity contribution < 1.29 is 14.3 Å². The lowest BCUT2D eigenvalue weighted by atomic mass is 10.0. The Kier molecular flexibility index (Phi) is 5.54. The van der Waals surface area contributed by atoms with Gasteiger partial charge in [0.15, 0.2) is 6.04 Å². The minimum Gasteiger partial charge on any atom is -0.480 e. The third-order valence-corrected chi connectivity index (χ3v) is 3.98. The molecule has 0 amide bonds. The van der Waals surface area contributed by atoms with Crippen LogP contribution in [0.5, 0.6) is 0 Å². The van der Waals surface area contributed by atoms with Gasteiger partial charge in [0.05, 0.1) is 5.71 Å². The summed E-state index contributed by atoms with van der Waals surface area (Å²) in [6, 6.07) is 23.9. The van der Waals surface area contributed by atoms with Gasteiger partial charge < -0.3 is 5.11 Å². The molecule has 3 aromatic rings. The Bertz CT molecular complexity index is 866. The van der Waals surface area contributed by atoms with Crippen LogP contribution in [0.3, 0.4) is 0 Å². The summed E-state index contributed by atoms with van der Waals surface area (Å²) in [5.74, 6) is -1.43. The zero-order valence-corrected chi connectivity index (χ0v) is 14.0. The van der Waals surface area contributed by atoms with E-state index < -0.39 is 12.0 Å². The molecule has 1 N–H and O–H groups in total. The summed E-state index contributed by atoms with van der Waals surface area (Å²) in [5, 5.41) is 9.65. The van der Waals surface area contributed by atoms with Crippen LogP contribution >= 0.6 is 0 Å². The molecule has 130 valence electrons.